The van der Waals surface area contributed by atoms with E-state index in [1.54, 1.807) is 6.08 Å². The molecule has 0 radical (unpaired) electrons. The van der Waals surface area contributed by atoms with Crippen LogP contribution in [-0.2, 0) is 9.05 Å². The van der Waals surface area contributed by atoms with Crippen LogP contribution in [0.1, 0.15) is 12.8 Å². The highest BCUT2D eigenvalue weighted by Gasteiger charge is 2.16. The Hall–Kier alpha value is -0.420. The summed E-state index contributed by atoms with van der Waals surface area (Å²) < 4.78 is 27.7. The third-order valence-corrected chi connectivity index (χ3v) is 3.95. The molecule has 0 aliphatic carbocycles. The van der Waals surface area contributed by atoms with Gasteiger partial charge >= 0.3 is 0 Å². The van der Waals surface area contributed by atoms with Crippen molar-refractivity contribution in [3.8, 4) is 5.75 Å². The SMILES string of the molecule is C=CCCCOc1c(Cl)cc(S(=O)(=O)Cl)cc1Cl. The molecule has 0 amide bonds. The molecule has 0 heterocycles. The van der Waals surface area contributed by atoms with E-state index in [0.29, 0.717) is 6.61 Å². The summed E-state index contributed by atoms with van der Waals surface area (Å²) in [6.07, 6.45) is 3.35. The lowest BCUT2D eigenvalue weighted by atomic mass is 10.3. The highest BCUT2D eigenvalue weighted by molar-refractivity contribution is 8.13. The number of hydrogen-bond acceptors (Lipinski definition) is 3. The maximum absolute atomic E-state index is 11.1. The monoisotopic (exact) mass is 328 g/mol. The predicted molar refractivity (Wildman–Crippen MR) is 74.4 cm³/mol. The molecule has 0 bridgehead atoms. The molecule has 0 fully saturated rings. The molecule has 1 aromatic rings. The molecule has 3 nitrogen and oxygen atoms in total. The van der Waals surface area contributed by atoms with E-state index < -0.39 is 9.05 Å². The van der Waals surface area contributed by atoms with Gasteiger partial charge in [-0.2, -0.15) is 0 Å². The minimum atomic E-state index is -3.86. The van der Waals surface area contributed by atoms with Gasteiger partial charge in [-0.1, -0.05) is 29.3 Å². The molecule has 0 spiro atoms. The minimum Gasteiger partial charge on any atom is -0.490 e. The third kappa shape index (κ3) is 4.35. The lowest BCUT2D eigenvalue weighted by molar-refractivity contribution is 0.312. The van der Waals surface area contributed by atoms with Crippen molar-refractivity contribution >= 4 is 42.9 Å². The lowest BCUT2D eigenvalue weighted by Gasteiger charge is -2.10. The molecule has 0 unspecified atom stereocenters. The van der Waals surface area contributed by atoms with Crippen LogP contribution in [0.3, 0.4) is 0 Å². The van der Waals surface area contributed by atoms with Gasteiger partial charge in [0.05, 0.1) is 21.5 Å². The Bertz CT molecular complexity index is 517. The Balaban J connectivity index is 2.92. The molecule has 0 aromatic heterocycles. The van der Waals surface area contributed by atoms with E-state index >= 15 is 0 Å². The van der Waals surface area contributed by atoms with Crippen molar-refractivity contribution in [3.05, 3.63) is 34.8 Å². The van der Waals surface area contributed by atoms with E-state index in [1.807, 2.05) is 0 Å². The summed E-state index contributed by atoms with van der Waals surface area (Å²) in [5.74, 6) is 0.256. The van der Waals surface area contributed by atoms with Crippen molar-refractivity contribution in [3.63, 3.8) is 0 Å². The maximum Gasteiger partial charge on any atom is 0.261 e. The van der Waals surface area contributed by atoms with Gasteiger partial charge in [-0.05, 0) is 25.0 Å². The molecule has 18 heavy (non-hydrogen) atoms. The molecule has 7 heteroatoms. The first-order valence-electron chi connectivity index (χ1n) is 5.03. The van der Waals surface area contributed by atoms with Crippen molar-refractivity contribution in [2.45, 2.75) is 17.7 Å². The quantitative estimate of drug-likeness (QED) is 0.445. The van der Waals surface area contributed by atoms with E-state index in [4.69, 9.17) is 38.6 Å². The number of benzene rings is 1. The van der Waals surface area contributed by atoms with Crippen LogP contribution in [0.15, 0.2) is 29.7 Å². The Morgan fingerprint density at radius 2 is 1.83 bits per heavy atom. The maximum atomic E-state index is 11.1. The Morgan fingerprint density at radius 3 is 2.28 bits per heavy atom. The van der Waals surface area contributed by atoms with Gasteiger partial charge in [0.2, 0.25) is 0 Å². The summed E-state index contributed by atoms with van der Waals surface area (Å²) in [7, 11) is 1.34. The molecular weight excluding hydrogens is 319 g/mol. The van der Waals surface area contributed by atoms with Gasteiger partial charge in [0.25, 0.3) is 9.05 Å². The number of hydrogen-bond donors (Lipinski definition) is 0. The summed E-state index contributed by atoms with van der Waals surface area (Å²) in [6, 6.07) is 2.41. The highest BCUT2D eigenvalue weighted by atomic mass is 35.7. The summed E-state index contributed by atoms with van der Waals surface area (Å²) in [5.41, 5.74) is 0. The normalized spacial score (nSPS) is 11.3. The smallest absolute Gasteiger partial charge is 0.261 e. The zero-order valence-corrected chi connectivity index (χ0v) is 12.4. The third-order valence-electron chi connectivity index (χ3n) is 2.05. The van der Waals surface area contributed by atoms with Gasteiger partial charge in [0.15, 0.2) is 5.75 Å². The largest absolute Gasteiger partial charge is 0.490 e. The second kappa shape index (κ2) is 6.66. The van der Waals surface area contributed by atoms with Gasteiger partial charge in [-0.15, -0.1) is 6.58 Å². The van der Waals surface area contributed by atoms with Crippen LogP contribution in [0.25, 0.3) is 0 Å². The van der Waals surface area contributed by atoms with Gasteiger partial charge in [-0.3, -0.25) is 0 Å². The lowest BCUT2D eigenvalue weighted by Crippen LogP contribution is -1.99. The first-order chi connectivity index (χ1) is 8.36. The number of allylic oxidation sites excluding steroid dienone is 1. The molecule has 0 aliphatic heterocycles. The molecular formula is C11H11Cl3O3S. The van der Waals surface area contributed by atoms with Crippen LogP contribution in [0.2, 0.25) is 10.0 Å². The van der Waals surface area contributed by atoms with Gasteiger partial charge < -0.3 is 4.74 Å². The molecule has 0 saturated carbocycles. The molecule has 0 N–H and O–H groups in total. The van der Waals surface area contributed by atoms with Crippen molar-refractivity contribution in [2.75, 3.05) is 6.61 Å². The Morgan fingerprint density at radius 1 is 1.28 bits per heavy atom. The summed E-state index contributed by atoms with van der Waals surface area (Å²) in [5, 5.41) is 0.223. The summed E-state index contributed by atoms with van der Waals surface area (Å²) >= 11 is 11.8. The molecule has 1 aromatic carbocycles. The van der Waals surface area contributed by atoms with E-state index in [-0.39, 0.29) is 20.7 Å². The number of unbranched alkanes of at least 4 members (excludes halogenated alkanes) is 1. The number of halogens is 3. The first kappa shape index (κ1) is 15.6. The van der Waals surface area contributed by atoms with Crippen molar-refractivity contribution in [2.24, 2.45) is 0 Å². The van der Waals surface area contributed by atoms with Crippen LogP contribution in [0, 0.1) is 0 Å². The Kier molecular flexibility index (Phi) is 5.79. The van der Waals surface area contributed by atoms with Crippen LogP contribution in [0.5, 0.6) is 5.75 Å². The van der Waals surface area contributed by atoms with E-state index in [2.05, 4.69) is 6.58 Å². The fraction of sp³-hybridized carbons (Fsp3) is 0.273. The topological polar surface area (TPSA) is 43.4 Å². The molecule has 0 saturated heterocycles. The van der Waals surface area contributed by atoms with Crippen LogP contribution >= 0.6 is 33.9 Å². The molecule has 100 valence electrons. The number of rotatable bonds is 6. The van der Waals surface area contributed by atoms with Crippen LogP contribution in [0.4, 0.5) is 0 Å². The van der Waals surface area contributed by atoms with E-state index in [0.717, 1.165) is 12.8 Å². The first-order valence-corrected chi connectivity index (χ1v) is 8.10. The van der Waals surface area contributed by atoms with Crippen LogP contribution in [-0.4, -0.2) is 15.0 Å². The highest BCUT2D eigenvalue weighted by Crippen LogP contribution is 2.36. The fourth-order valence-electron chi connectivity index (χ4n) is 1.22. The predicted octanol–water partition coefficient (Wildman–Crippen LogP) is 4.27. The minimum absolute atomic E-state index is 0.111. The second-order valence-corrected chi connectivity index (χ2v) is 6.81. The zero-order valence-electron chi connectivity index (χ0n) is 9.33. The van der Waals surface area contributed by atoms with E-state index in [1.165, 1.54) is 12.1 Å². The molecule has 0 aliphatic rings. The second-order valence-electron chi connectivity index (χ2n) is 3.43. The standard InChI is InChI=1S/C11H11Cl3O3S/c1-2-3-4-5-17-11-9(12)6-8(7-10(11)13)18(14,15)16/h2,6-7H,1,3-5H2. The van der Waals surface area contributed by atoms with Crippen molar-refractivity contribution in [1.29, 1.82) is 0 Å². The zero-order chi connectivity index (χ0) is 13.8. The van der Waals surface area contributed by atoms with E-state index in [9.17, 15) is 8.42 Å². The van der Waals surface area contributed by atoms with Gasteiger partial charge in [-0.25, -0.2) is 8.42 Å². The van der Waals surface area contributed by atoms with Gasteiger partial charge in [0.1, 0.15) is 0 Å². The average molecular weight is 330 g/mol. The molecule has 1 rings (SSSR count). The molecule has 0 atom stereocenters. The summed E-state index contributed by atoms with van der Waals surface area (Å²) in [6.45, 7) is 4.01. The number of ether oxygens (including phenoxy) is 1. The van der Waals surface area contributed by atoms with Crippen LogP contribution < -0.4 is 4.74 Å². The summed E-state index contributed by atoms with van der Waals surface area (Å²) in [4.78, 5) is -0.155. The average Bonchev–Trinajstić information content (AvgIpc) is 2.25. The fourth-order valence-corrected chi connectivity index (χ4v) is 2.73. The van der Waals surface area contributed by atoms with Crippen molar-refractivity contribution in [1.82, 2.24) is 0 Å². The van der Waals surface area contributed by atoms with Crippen molar-refractivity contribution < 1.29 is 13.2 Å². The Labute approximate surface area is 121 Å². The van der Waals surface area contributed by atoms with Gasteiger partial charge in [0, 0.05) is 10.7 Å².